The van der Waals surface area contributed by atoms with Gasteiger partial charge in [-0.25, -0.2) is 0 Å². The average Bonchev–Trinajstić information content (AvgIpc) is 2.70. The highest BCUT2D eigenvalue weighted by molar-refractivity contribution is 9.10. The summed E-state index contributed by atoms with van der Waals surface area (Å²) in [5.74, 6) is 0.431. The Balaban J connectivity index is 1.85. The molecule has 0 spiro atoms. The van der Waals surface area contributed by atoms with Crippen molar-refractivity contribution in [2.45, 2.75) is 96.8 Å². The number of carbonyl (C=O) groups is 1. The average molecular weight is 489 g/mol. The highest BCUT2D eigenvalue weighted by Gasteiger charge is 2.06. The second-order valence-corrected chi connectivity index (χ2v) is 9.13. The zero-order chi connectivity index (χ0) is 21.2. The molecule has 0 aliphatic carbocycles. The number of rotatable bonds is 18. The number of benzene rings is 1. The molecule has 1 aromatic carbocycles. The minimum atomic E-state index is -0.0984. The van der Waals surface area contributed by atoms with Crippen LogP contribution in [0.5, 0.6) is 5.75 Å². The van der Waals surface area contributed by atoms with Gasteiger partial charge in [0.05, 0.1) is 5.02 Å². The van der Waals surface area contributed by atoms with Gasteiger partial charge in [0, 0.05) is 11.0 Å². The van der Waals surface area contributed by atoms with Crippen LogP contribution in [0.2, 0.25) is 5.02 Å². The molecule has 1 rings (SSSR count). The predicted octanol–water partition coefficient (Wildman–Crippen LogP) is 8.08. The van der Waals surface area contributed by atoms with Gasteiger partial charge in [0.25, 0.3) is 5.91 Å². The van der Waals surface area contributed by atoms with Gasteiger partial charge in [0.15, 0.2) is 6.61 Å². The van der Waals surface area contributed by atoms with E-state index in [4.69, 9.17) is 16.3 Å². The summed E-state index contributed by atoms with van der Waals surface area (Å²) in [6.07, 6.45) is 18.7. The molecule has 29 heavy (non-hydrogen) atoms. The maximum Gasteiger partial charge on any atom is 0.257 e. The molecular weight excluding hydrogens is 450 g/mol. The number of hydrogen-bond donors (Lipinski definition) is 1. The molecule has 0 aliphatic heterocycles. The maximum absolute atomic E-state index is 11.8. The summed E-state index contributed by atoms with van der Waals surface area (Å²) in [5, 5.41) is 3.41. The molecule has 0 heterocycles. The third-order valence-electron chi connectivity index (χ3n) is 5.11. The second kappa shape index (κ2) is 18.1. The van der Waals surface area contributed by atoms with Crippen LogP contribution >= 0.6 is 27.5 Å². The molecule has 0 saturated heterocycles. The van der Waals surface area contributed by atoms with Crippen LogP contribution in [0.1, 0.15) is 96.8 Å². The molecule has 3 nitrogen and oxygen atoms in total. The fourth-order valence-electron chi connectivity index (χ4n) is 3.33. The van der Waals surface area contributed by atoms with Crippen LogP contribution in [0, 0.1) is 0 Å². The molecule has 166 valence electrons. The monoisotopic (exact) mass is 487 g/mol. The highest BCUT2D eigenvalue weighted by atomic mass is 79.9. The Kier molecular flexibility index (Phi) is 16.4. The summed E-state index contributed by atoms with van der Waals surface area (Å²) in [5.41, 5.74) is 0. The van der Waals surface area contributed by atoms with E-state index >= 15 is 0 Å². The third kappa shape index (κ3) is 14.8. The van der Waals surface area contributed by atoms with Gasteiger partial charge in [-0.15, -0.1) is 0 Å². The van der Waals surface area contributed by atoms with Crippen LogP contribution < -0.4 is 10.1 Å². The molecule has 0 saturated carbocycles. The minimum Gasteiger partial charge on any atom is -0.482 e. The first-order valence-electron chi connectivity index (χ1n) is 11.5. The van der Waals surface area contributed by atoms with Crippen LogP contribution in [0.4, 0.5) is 0 Å². The Morgan fingerprint density at radius 2 is 1.41 bits per heavy atom. The molecule has 0 radical (unpaired) electrons. The maximum atomic E-state index is 11.8. The number of amides is 1. The summed E-state index contributed by atoms with van der Waals surface area (Å²) >= 11 is 9.42. The van der Waals surface area contributed by atoms with E-state index in [-0.39, 0.29) is 12.5 Å². The fourth-order valence-corrected chi connectivity index (χ4v) is 4.06. The van der Waals surface area contributed by atoms with Gasteiger partial charge < -0.3 is 10.1 Å². The van der Waals surface area contributed by atoms with Crippen molar-refractivity contribution in [3.05, 3.63) is 27.7 Å². The molecule has 0 unspecified atom stereocenters. The van der Waals surface area contributed by atoms with Gasteiger partial charge in [0.1, 0.15) is 5.75 Å². The van der Waals surface area contributed by atoms with E-state index in [0.29, 0.717) is 17.3 Å². The Labute approximate surface area is 191 Å². The topological polar surface area (TPSA) is 38.3 Å². The molecule has 0 aromatic heterocycles. The van der Waals surface area contributed by atoms with Gasteiger partial charge in [-0.05, 0) is 24.6 Å². The Morgan fingerprint density at radius 3 is 1.93 bits per heavy atom. The number of ether oxygens (including phenoxy) is 1. The molecule has 1 N–H and O–H groups in total. The van der Waals surface area contributed by atoms with Gasteiger partial charge in [-0.1, -0.05) is 118 Å². The zero-order valence-corrected chi connectivity index (χ0v) is 20.5. The summed E-state index contributed by atoms with van der Waals surface area (Å²) in [4.78, 5) is 11.8. The fraction of sp³-hybridized carbons (Fsp3) is 0.708. The van der Waals surface area contributed by atoms with E-state index in [1.807, 2.05) is 6.07 Å². The number of unbranched alkanes of at least 4 members (excludes halogenated alkanes) is 13. The molecule has 0 fully saturated rings. The first kappa shape index (κ1) is 26.3. The van der Waals surface area contributed by atoms with Crippen molar-refractivity contribution < 1.29 is 9.53 Å². The summed E-state index contributed by atoms with van der Waals surface area (Å²) < 4.78 is 6.35. The van der Waals surface area contributed by atoms with E-state index in [9.17, 15) is 4.79 Å². The quantitative estimate of drug-likeness (QED) is 0.212. The van der Waals surface area contributed by atoms with Crippen LogP contribution in [-0.4, -0.2) is 19.1 Å². The second-order valence-electron chi connectivity index (χ2n) is 7.81. The van der Waals surface area contributed by atoms with Crippen LogP contribution in [-0.2, 0) is 4.79 Å². The Hall–Kier alpha value is -0.740. The summed E-state index contributed by atoms with van der Waals surface area (Å²) in [7, 11) is 0. The minimum absolute atomic E-state index is 0.0000434. The Bertz CT molecular complexity index is 554. The van der Waals surface area contributed by atoms with Crippen molar-refractivity contribution in [1.29, 1.82) is 0 Å². The van der Waals surface area contributed by atoms with E-state index in [1.54, 1.807) is 12.1 Å². The van der Waals surface area contributed by atoms with Crippen LogP contribution in [0.25, 0.3) is 0 Å². The van der Waals surface area contributed by atoms with Crippen molar-refractivity contribution in [3.8, 4) is 5.75 Å². The van der Waals surface area contributed by atoms with Gasteiger partial charge in [-0.3, -0.25) is 4.79 Å². The molecule has 1 aromatic rings. The SMILES string of the molecule is CCCCCCCCCCCCCCCCNC(=O)COc1ccc(Br)cc1Cl. The molecule has 0 atom stereocenters. The molecule has 5 heteroatoms. The van der Waals surface area contributed by atoms with E-state index in [1.165, 1.54) is 83.5 Å². The van der Waals surface area contributed by atoms with E-state index in [0.717, 1.165) is 10.9 Å². The molecule has 1 amide bonds. The normalized spacial score (nSPS) is 10.9. The number of hydrogen-bond acceptors (Lipinski definition) is 2. The van der Waals surface area contributed by atoms with Crippen molar-refractivity contribution in [3.63, 3.8) is 0 Å². The van der Waals surface area contributed by atoms with E-state index < -0.39 is 0 Å². The highest BCUT2D eigenvalue weighted by Crippen LogP contribution is 2.27. The van der Waals surface area contributed by atoms with E-state index in [2.05, 4.69) is 28.2 Å². The lowest BCUT2D eigenvalue weighted by atomic mass is 10.0. The van der Waals surface area contributed by atoms with Crippen LogP contribution in [0.15, 0.2) is 22.7 Å². The van der Waals surface area contributed by atoms with Gasteiger partial charge in [-0.2, -0.15) is 0 Å². The molecule has 0 bridgehead atoms. The largest absolute Gasteiger partial charge is 0.482 e. The molecular formula is C24H39BrClNO2. The zero-order valence-electron chi connectivity index (χ0n) is 18.1. The van der Waals surface area contributed by atoms with Crippen LogP contribution in [0.3, 0.4) is 0 Å². The van der Waals surface area contributed by atoms with Crippen molar-refractivity contribution >= 4 is 33.4 Å². The smallest absolute Gasteiger partial charge is 0.257 e. The molecule has 0 aliphatic rings. The lowest BCUT2D eigenvalue weighted by Gasteiger charge is -2.09. The Morgan fingerprint density at radius 1 is 0.897 bits per heavy atom. The number of nitrogens with one attached hydrogen (secondary N) is 1. The van der Waals surface area contributed by atoms with Crippen molar-refractivity contribution in [1.82, 2.24) is 5.32 Å². The summed E-state index contributed by atoms with van der Waals surface area (Å²) in [6, 6.07) is 5.35. The van der Waals surface area contributed by atoms with Crippen molar-refractivity contribution in [2.24, 2.45) is 0 Å². The lowest BCUT2D eigenvalue weighted by molar-refractivity contribution is -0.123. The lowest BCUT2D eigenvalue weighted by Crippen LogP contribution is -2.29. The number of carbonyl (C=O) groups excluding carboxylic acids is 1. The predicted molar refractivity (Wildman–Crippen MR) is 128 cm³/mol. The standard InChI is InChI=1S/C24H39BrClNO2/c1-2-3-4-5-6-7-8-9-10-11-12-13-14-15-18-27-24(28)20-29-23-17-16-21(25)19-22(23)26/h16-17,19H,2-15,18,20H2,1H3,(H,27,28). The first-order chi connectivity index (χ1) is 14.1. The first-order valence-corrected chi connectivity index (χ1v) is 12.6. The summed E-state index contributed by atoms with van der Waals surface area (Å²) in [6.45, 7) is 2.99. The number of halogens is 2. The van der Waals surface area contributed by atoms with Crippen molar-refractivity contribution in [2.75, 3.05) is 13.2 Å². The van der Waals surface area contributed by atoms with Gasteiger partial charge >= 0.3 is 0 Å². The van der Waals surface area contributed by atoms with Gasteiger partial charge in [0.2, 0.25) is 0 Å². The third-order valence-corrected chi connectivity index (χ3v) is 5.89.